The molecule has 0 unspecified atom stereocenters. The summed E-state index contributed by atoms with van der Waals surface area (Å²) in [5.41, 5.74) is 4.21. The van der Waals surface area contributed by atoms with Crippen LogP contribution >= 0.6 is 0 Å². The van der Waals surface area contributed by atoms with Gasteiger partial charge in [0.05, 0.1) is 0 Å². The minimum Gasteiger partial charge on any atom is -0.322 e. The fraction of sp³-hybridized carbons (Fsp3) is 0.381. The fourth-order valence-corrected chi connectivity index (χ4v) is 3.31. The number of halogens is 1. The summed E-state index contributed by atoms with van der Waals surface area (Å²) in [4.78, 5) is 16.8. The number of carbonyl (C=O) groups excluding carboxylic acids is 1. The number of anilines is 1. The minimum absolute atomic E-state index is 0.0272. The highest BCUT2D eigenvalue weighted by molar-refractivity contribution is 5.91. The lowest BCUT2D eigenvalue weighted by atomic mass is 10.1. The highest BCUT2D eigenvalue weighted by atomic mass is 19.1. The van der Waals surface area contributed by atoms with E-state index in [2.05, 4.69) is 10.2 Å². The van der Waals surface area contributed by atoms with Crippen molar-refractivity contribution in [3.63, 3.8) is 0 Å². The number of piperazine rings is 1. The van der Waals surface area contributed by atoms with E-state index in [1.807, 2.05) is 49.1 Å². The molecule has 0 aliphatic carbocycles. The minimum atomic E-state index is -0.197. The first-order valence-electron chi connectivity index (χ1n) is 9.12. The van der Waals surface area contributed by atoms with E-state index in [1.165, 1.54) is 12.1 Å². The molecule has 26 heavy (non-hydrogen) atoms. The van der Waals surface area contributed by atoms with Gasteiger partial charge in [0, 0.05) is 38.4 Å². The number of urea groups is 1. The smallest absolute Gasteiger partial charge is 0.321 e. The zero-order valence-electron chi connectivity index (χ0n) is 15.5. The highest BCUT2D eigenvalue weighted by Crippen LogP contribution is 2.20. The van der Waals surface area contributed by atoms with Gasteiger partial charge in [-0.25, -0.2) is 9.18 Å². The molecule has 5 heteroatoms. The topological polar surface area (TPSA) is 35.6 Å². The van der Waals surface area contributed by atoms with Gasteiger partial charge in [-0.05, 0) is 49.1 Å². The van der Waals surface area contributed by atoms with Crippen LogP contribution in [-0.2, 0) is 6.42 Å². The maximum Gasteiger partial charge on any atom is 0.321 e. The second-order valence-corrected chi connectivity index (χ2v) is 6.90. The van der Waals surface area contributed by atoms with E-state index in [4.69, 9.17) is 0 Å². The summed E-state index contributed by atoms with van der Waals surface area (Å²) in [5.74, 6) is -0.197. The SMILES string of the molecule is Cc1cccc(C)c1NC(=O)N1CCN(CCc2ccc(F)cc2)CC1. The third-order valence-electron chi connectivity index (χ3n) is 5.00. The zero-order valence-corrected chi connectivity index (χ0v) is 15.5. The van der Waals surface area contributed by atoms with Crippen molar-refractivity contribution in [3.05, 3.63) is 65.0 Å². The van der Waals surface area contributed by atoms with E-state index in [0.717, 1.165) is 61.5 Å². The van der Waals surface area contributed by atoms with Crippen molar-refractivity contribution in [1.82, 2.24) is 9.80 Å². The van der Waals surface area contributed by atoms with E-state index >= 15 is 0 Å². The number of aryl methyl sites for hydroxylation is 2. The van der Waals surface area contributed by atoms with Crippen LogP contribution < -0.4 is 5.32 Å². The van der Waals surface area contributed by atoms with Crippen molar-refractivity contribution in [2.75, 3.05) is 38.0 Å². The number of nitrogens with one attached hydrogen (secondary N) is 1. The Balaban J connectivity index is 1.47. The molecule has 0 saturated carbocycles. The van der Waals surface area contributed by atoms with Crippen LogP contribution in [0.5, 0.6) is 0 Å². The van der Waals surface area contributed by atoms with E-state index in [0.29, 0.717) is 0 Å². The van der Waals surface area contributed by atoms with Gasteiger partial charge in [-0.15, -0.1) is 0 Å². The molecule has 0 bridgehead atoms. The Morgan fingerprint density at radius 1 is 1.00 bits per heavy atom. The number of hydrogen-bond acceptors (Lipinski definition) is 2. The molecule has 2 aromatic rings. The molecule has 4 nitrogen and oxygen atoms in total. The molecule has 0 radical (unpaired) electrons. The average Bonchev–Trinajstić information content (AvgIpc) is 2.65. The molecule has 138 valence electrons. The monoisotopic (exact) mass is 355 g/mol. The summed E-state index contributed by atoms with van der Waals surface area (Å²) in [6, 6.07) is 12.7. The molecule has 0 spiro atoms. The Hall–Kier alpha value is -2.40. The molecular formula is C21H26FN3O. The van der Waals surface area contributed by atoms with Crippen LogP contribution in [0.4, 0.5) is 14.9 Å². The van der Waals surface area contributed by atoms with E-state index in [1.54, 1.807) is 0 Å². The summed E-state index contributed by atoms with van der Waals surface area (Å²) < 4.78 is 13.0. The molecular weight excluding hydrogens is 329 g/mol. The molecule has 1 fully saturated rings. The second-order valence-electron chi connectivity index (χ2n) is 6.90. The molecule has 0 atom stereocenters. The number of para-hydroxylation sites is 1. The average molecular weight is 355 g/mol. The number of carbonyl (C=O) groups is 1. The Kier molecular flexibility index (Phi) is 5.89. The second kappa shape index (κ2) is 8.32. The van der Waals surface area contributed by atoms with Crippen LogP contribution in [0.3, 0.4) is 0 Å². The van der Waals surface area contributed by atoms with E-state index < -0.39 is 0 Å². The van der Waals surface area contributed by atoms with Crippen molar-refractivity contribution in [3.8, 4) is 0 Å². The Morgan fingerprint density at radius 2 is 1.62 bits per heavy atom. The first kappa shape index (κ1) is 18.4. The van der Waals surface area contributed by atoms with Gasteiger partial charge in [-0.1, -0.05) is 30.3 Å². The molecule has 1 saturated heterocycles. The van der Waals surface area contributed by atoms with Gasteiger partial charge in [0.25, 0.3) is 0 Å². The van der Waals surface area contributed by atoms with Crippen molar-refractivity contribution >= 4 is 11.7 Å². The highest BCUT2D eigenvalue weighted by Gasteiger charge is 2.21. The van der Waals surface area contributed by atoms with Gasteiger partial charge in [0.2, 0.25) is 0 Å². The van der Waals surface area contributed by atoms with Crippen LogP contribution in [0.25, 0.3) is 0 Å². The summed E-state index contributed by atoms with van der Waals surface area (Å²) in [6.45, 7) is 8.12. The lowest BCUT2D eigenvalue weighted by Gasteiger charge is -2.35. The quantitative estimate of drug-likeness (QED) is 0.905. The summed E-state index contributed by atoms with van der Waals surface area (Å²) in [6.07, 6.45) is 0.898. The number of benzene rings is 2. The van der Waals surface area contributed by atoms with Gasteiger partial charge in [0.1, 0.15) is 5.82 Å². The fourth-order valence-electron chi connectivity index (χ4n) is 3.31. The normalized spacial score (nSPS) is 15.1. The number of rotatable bonds is 4. The Labute approximate surface area is 154 Å². The first-order chi connectivity index (χ1) is 12.5. The van der Waals surface area contributed by atoms with Crippen molar-refractivity contribution < 1.29 is 9.18 Å². The zero-order chi connectivity index (χ0) is 18.5. The molecule has 1 N–H and O–H groups in total. The maximum atomic E-state index is 13.0. The lowest BCUT2D eigenvalue weighted by molar-refractivity contribution is 0.148. The van der Waals surface area contributed by atoms with Crippen molar-refractivity contribution in [2.24, 2.45) is 0 Å². The molecule has 1 aliphatic heterocycles. The predicted octanol–water partition coefficient (Wildman–Crippen LogP) is 3.83. The maximum absolute atomic E-state index is 13.0. The number of nitrogens with zero attached hydrogens (tertiary/aromatic N) is 2. The summed E-state index contributed by atoms with van der Waals surface area (Å²) in [7, 11) is 0. The third kappa shape index (κ3) is 4.61. The van der Waals surface area contributed by atoms with Gasteiger partial charge in [-0.2, -0.15) is 0 Å². The third-order valence-corrected chi connectivity index (χ3v) is 5.00. The molecule has 2 aromatic carbocycles. The van der Waals surface area contributed by atoms with Crippen LogP contribution in [0.1, 0.15) is 16.7 Å². The lowest BCUT2D eigenvalue weighted by Crippen LogP contribution is -2.50. The van der Waals surface area contributed by atoms with Crippen LogP contribution in [0.15, 0.2) is 42.5 Å². The summed E-state index contributed by atoms with van der Waals surface area (Å²) >= 11 is 0. The Bertz CT molecular complexity index is 732. The number of hydrogen-bond donors (Lipinski definition) is 1. The molecule has 0 aromatic heterocycles. The molecule has 1 heterocycles. The Morgan fingerprint density at radius 3 is 2.23 bits per heavy atom. The molecule has 3 rings (SSSR count). The van der Waals surface area contributed by atoms with Crippen LogP contribution in [0, 0.1) is 19.7 Å². The van der Waals surface area contributed by atoms with Crippen molar-refractivity contribution in [1.29, 1.82) is 0 Å². The standard InChI is InChI=1S/C21H26FN3O/c1-16-4-3-5-17(2)20(16)23-21(26)25-14-12-24(13-15-25)11-10-18-6-8-19(22)9-7-18/h3-9H,10-15H2,1-2H3,(H,23,26). The first-order valence-corrected chi connectivity index (χ1v) is 9.12. The predicted molar refractivity (Wildman–Crippen MR) is 103 cm³/mol. The van der Waals surface area contributed by atoms with Crippen molar-refractivity contribution in [2.45, 2.75) is 20.3 Å². The van der Waals surface area contributed by atoms with Crippen LogP contribution in [-0.4, -0.2) is 48.6 Å². The largest absolute Gasteiger partial charge is 0.322 e. The van der Waals surface area contributed by atoms with Gasteiger partial charge in [-0.3, -0.25) is 4.90 Å². The van der Waals surface area contributed by atoms with E-state index in [9.17, 15) is 9.18 Å². The number of amides is 2. The van der Waals surface area contributed by atoms with Gasteiger partial charge >= 0.3 is 6.03 Å². The van der Waals surface area contributed by atoms with E-state index in [-0.39, 0.29) is 11.8 Å². The molecule has 1 aliphatic rings. The van der Waals surface area contributed by atoms with Gasteiger partial charge < -0.3 is 10.2 Å². The molecule has 2 amide bonds. The van der Waals surface area contributed by atoms with Crippen LogP contribution in [0.2, 0.25) is 0 Å². The summed E-state index contributed by atoms with van der Waals surface area (Å²) in [5, 5.41) is 3.06. The van der Waals surface area contributed by atoms with Gasteiger partial charge in [0.15, 0.2) is 0 Å².